The fourth-order valence-corrected chi connectivity index (χ4v) is 3.78. The summed E-state index contributed by atoms with van der Waals surface area (Å²) in [7, 11) is 1.61. The Hall–Kier alpha value is -3.12. The van der Waals surface area contributed by atoms with Crippen molar-refractivity contribution in [2.24, 2.45) is 0 Å². The molecule has 1 fully saturated rings. The maximum atomic E-state index is 12.7. The zero-order chi connectivity index (χ0) is 20.2. The van der Waals surface area contributed by atoms with Crippen molar-refractivity contribution in [1.29, 1.82) is 0 Å². The molecule has 3 aromatic rings. The highest BCUT2D eigenvalue weighted by Gasteiger charge is 2.23. The quantitative estimate of drug-likeness (QED) is 0.656. The Bertz CT molecular complexity index is 1000. The highest BCUT2D eigenvalue weighted by Crippen LogP contribution is 2.19. The van der Waals surface area contributed by atoms with Gasteiger partial charge in [-0.1, -0.05) is 18.2 Å². The number of Topliss-reactive ketones (excluding diaryl/α,β-unsaturated/α-hetero) is 1. The Kier molecular flexibility index (Phi) is 5.62. The first-order chi connectivity index (χ1) is 14.1. The van der Waals surface area contributed by atoms with E-state index in [0.29, 0.717) is 44.7 Å². The zero-order valence-electron chi connectivity index (χ0n) is 16.6. The molecule has 150 valence electrons. The van der Waals surface area contributed by atoms with Crippen molar-refractivity contribution >= 4 is 22.6 Å². The van der Waals surface area contributed by atoms with Gasteiger partial charge < -0.3 is 14.6 Å². The van der Waals surface area contributed by atoms with E-state index in [2.05, 4.69) is 9.88 Å². The van der Waals surface area contributed by atoms with Crippen LogP contribution in [0.1, 0.15) is 15.9 Å². The number of fused-ring (bicyclic) bond motifs is 1. The zero-order valence-corrected chi connectivity index (χ0v) is 16.6. The van der Waals surface area contributed by atoms with Crippen LogP contribution < -0.4 is 4.74 Å². The maximum Gasteiger partial charge on any atom is 0.227 e. The van der Waals surface area contributed by atoms with E-state index in [1.807, 2.05) is 35.4 Å². The van der Waals surface area contributed by atoms with Gasteiger partial charge in [0, 0.05) is 48.8 Å². The maximum absolute atomic E-state index is 12.7. The fraction of sp³-hybridized carbons (Fsp3) is 0.304. The third-order valence-electron chi connectivity index (χ3n) is 5.52. The summed E-state index contributed by atoms with van der Waals surface area (Å²) in [5.74, 6) is 0.964. The summed E-state index contributed by atoms with van der Waals surface area (Å²) < 4.78 is 5.13. The predicted octanol–water partition coefficient (Wildman–Crippen LogP) is 2.75. The average Bonchev–Trinajstić information content (AvgIpc) is 3.17. The fourth-order valence-electron chi connectivity index (χ4n) is 3.78. The normalized spacial score (nSPS) is 14.9. The number of carbonyl (C=O) groups is 2. The second kappa shape index (κ2) is 8.49. The van der Waals surface area contributed by atoms with Gasteiger partial charge in [0.2, 0.25) is 5.91 Å². The summed E-state index contributed by atoms with van der Waals surface area (Å²) in [5, 5.41) is 1.10. The molecule has 29 heavy (non-hydrogen) atoms. The summed E-state index contributed by atoms with van der Waals surface area (Å²) >= 11 is 0. The van der Waals surface area contributed by atoms with Crippen LogP contribution in [0, 0.1) is 0 Å². The van der Waals surface area contributed by atoms with Gasteiger partial charge >= 0.3 is 0 Å². The molecule has 0 unspecified atom stereocenters. The molecule has 0 saturated carbocycles. The van der Waals surface area contributed by atoms with Crippen LogP contribution in [0.3, 0.4) is 0 Å². The number of carbonyl (C=O) groups excluding carboxylic acids is 2. The van der Waals surface area contributed by atoms with Gasteiger partial charge in [0.05, 0.1) is 20.1 Å². The summed E-state index contributed by atoms with van der Waals surface area (Å²) in [6.07, 6.45) is 2.32. The number of methoxy groups -OCH3 is 1. The lowest BCUT2D eigenvalue weighted by Gasteiger charge is -2.34. The molecule has 2 aromatic carbocycles. The lowest BCUT2D eigenvalue weighted by Crippen LogP contribution is -2.50. The number of para-hydroxylation sites is 1. The van der Waals surface area contributed by atoms with Gasteiger partial charge in [0.1, 0.15) is 5.75 Å². The minimum Gasteiger partial charge on any atom is -0.497 e. The van der Waals surface area contributed by atoms with Crippen LogP contribution >= 0.6 is 0 Å². The smallest absolute Gasteiger partial charge is 0.227 e. The lowest BCUT2D eigenvalue weighted by molar-refractivity contribution is -0.132. The Balaban J connectivity index is 1.29. The van der Waals surface area contributed by atoms with Crippen LogP contribution in [-0.4, -0.2) is 66.3 Å². The average molecular weight is 391 g/mol. The number of benzene rings is 2. The van der Waals surface area contributed by atoms with E-state index >= 15 is 0 Å². The van der Waals surface area contributed by atoms with Gasteiger partial charge in [-0.2, -0.15) is 0 Å². The summed E-state index contributed by atoms with van der Waals surface area (Å²) in [6, 6.07) is 15.2. The molecular formula is C23H25N3O3. The van der Waals surface area contributed by atoms with Crippen molar-refractivity contribution in [1.82, 2.24) is 14.8 Å². The van der Waals surface area contributed by atoms with E-state index in [-0.39, 0.29) is 11.7 Å². The highest BCUT2D eigenvalue weighted by molar-refractivity contribution is 5.97. The second-order valence-electron chi connectivity index (χ2n) is 7.34. The van der Waals surface area contributed by atoms with Crippen molar-refractivity contribution in [3.05, 3.63) is 65.9 Å². The van der Waals surface area contributed by atoms with E-state index in [1.54, 1.807) is 31.4 Å². The highest BCUT2D eigenvalue weighted by atomic mass is 16.5. The number of nitrogens with one attached hydrogen (secondary N) is 1. The molecule has 1 aliphatic heterocycles. The lowest BCUT2D eigenvalue weighted by atomic mass is 10.1. The molecular weight excluding hydrogens is 366 g/mol. The number of H-pyrrole nitrogens is 1. The molecule has 1 aromatic heterocycles. The Morgan fingerprint density at radius 1 is 1.00 bits per heavy atom. The van der Waals surface area contributed by atoms with Crippen LogP contribution in [0.2, 0.25) is 0 Å². The molecule has 0 bridgehead atoms. The molecule has 1 amide bonds. The van der Waals surface area contributed by atoms with Crippen LogP contribution in [0.15, 0.2) is 54.7 Å². The first kappa shape index (κ1) is 19.2. The molecule has 6 nitrogen and oxygen atoms in total. The van der Waals surface area contributed by atoms with Crippen molar-refractivity contribution in [3.63, 3.8) is 0 Å². The number of piperazine rings is 1. The van der Waals surface area contributed by atoms with Gasteiger partial charge in [-0.3, -0.25) is 14.5 Å². The minimum atomic E-state index is 0.0891. The number of rotatable bonds is 6. The molecule has 1 N–H and O–H groups in total. The number of ether oxygens (including phenoxy) is 1. The van der Waals surface area contributed by atoms with Crippen molar-refractivity contribution in [2.45, 2.75) is 6.42 Å². The van der Waals surface area contributed by atoms with E-state index in [4.69, 9.17) is 4.74 Å². The van der Waals surface area contributed by atoms with Gasteiger partial charge in [-0.15, -0.1) is 0 Å². The van der Waals surface area contributed by atoms with Gasteiger partial charge in [-0.05, 0) is 35.9 Å². The minimum absolute atomic E-state index is 0.0891. The second-order valence-corrected chi connectivity index (χ2v) is 7.34. The van der Waals surface area contributed by atoms with Crippen molar-refractivity contribution < 1.29 is 14.3 Å². The Morgan fingerprint density at radius 2 is 1.72 bits per heavy atom. The van der Waals surface area contributed by atoms with Gasteiger partial charge in [0.25, 0.3) is 0 Å². The summed E-state index contributed by atoms with van der Waals surface area (Å²) in [6.45, 7) is 3.09. The Morgan fingerprint density at radius 3 is 2.45 bits per heavy atom. The molecule has 4 rings (SSSR count). The monoisotopic (exact) mass is 391 g/mol. The Labute approximate surface area is 170 Å². The largest absolute Gasteiger partial charge is 0.497 e. The first-order valence-electron chi connectivity index (χ1n) is 9.86. The third kappa shape index (κ3) is 4.32. The number of amides is 1. The topological polar surface area (TPSA) is 65.6 Å². The number of nitrogens with zero attached hydrogens (tertiary/aromatic N) is 2. The molecule has 2 heterocycles. The number of aromatic nitrogens is 1. The number of ketones is 1. The van der Waals surface area contributed by atoms with Crippen LogP contribution in [0.4, 0.5) is 0 Å². The van der Waals surface area contributed by atoms with Crippen LogP contribution in [0.25, 0.3) is 10.9 Å². The third-order valence-corrected chi connectivity index (χ3v) is 5.52. The van der Waals surface area contributed by atoms with E-state index < -0.39 is 0 Å². The van der Waals surface area contributed by atoms with Gasteiger partial charge in [-0.25, -0.2) is 0 Å². The summed E-state index contributed by atoms with van der Waals surface area (Å²) in [4.78, 5) is 32.5. The predicted molar refractivity (Wildman–Crippen MR) is 112 cm³/mol. The van der Waals surface area contributed by atoms with E-state index in [0.717, 1.165) is 22.2 Å². The van der Waals surface area contributed by atoms with Crippen LogP contribution in [0.5, 0.6) is 5.75 Å². The van der Waals surface area contributed by atoms with E-state index in [1.165, 1.54) is 0 Å². The number of hydrogen-bond donors (Lipinski definition) is 1. The van der Waals surface area contributed by atoms with Crippen LogP contribution in [-0.2, 0) is 11.2 Å². The van der Waals surface area contributed by atoms with Crippen molar-refractivity contribution in [2.75, 3.05) is 39.8 Å². The molecule has 1 aliphatic rings. The molecule has 0 atom stereocenters. The molecule has 0 radical (unpaired) electrons. The van der Waals surface area contributed by atoms with E-state index in [9.17, 15) is 9.59 Å². The first-order valence-corrected chi connectivity index (χ1v) is 9.86. The number of hydrogen-bond acceptors (Lipinski definition) is 4. The molecule has 0 aliphatic carbocycles. The van der Waals surface area contributed by atoms with Crippen molar-refractivity contribution in [3.8, 4) is 5.75 Å². The molecule has 6 heteroatoms. The standard InChI is InChI=1S/C23H25N3O3/c1-29-19-8-6-17(7-9-19)22(27)16-25-10-12-26(13-11-25)23(28)14-18-15-24-21-5-3-2-4-20(18)21/h2-9,15,24H,10-14,16H2,1H3. The van der Waals surface area contributed by atoms with Gasteiger partial charge in [0.15, 0.2) is 5.78 Å². The SMILES string of the molecule is COc1ccc(C(=O)CN2CCN(C(=O)Cc3c[nH]c4ccccc34)CC2)cc1. The molecule has 1 saturated heterocycles. The summed E-state index contributed by atoms with van der Waals surface area (Å²) in [5.41, 5.74) is 2.77. The number of aromatic amines is 1. The molecule has 0 spiro atoms.